The first kappa shape index (κ1) is 33.1. The molecule has 6 rings (SSSR count). The first-order valence-corrected chi connectivity index (χ1v) is 17.0. The molecule has 20 nitrogen and oxygen atoms in total. The maximum absolute atomic E-state index is 15.6. The highest BCUT2D eigenvalue weighted by molar-refractivity contribution is 8.07. The lowest BCUT2D eigenvalue weighted by molar-refractivity contribution is -0.0495. The third-order valence-electron chi connectivity index (χ3n) is 7.37. The van der Waals surface area contributed by atoms with E-state index in [1.54, 1.807) is 0 Å². The van der Waals surface area contributed by atoms with Gasteiger partial charge in [-0.05, 0) is 11.8 Å². The average molecular weight is 722 g/mol. The molecule has 0 amide bonds. The van der Waals surface area contributed by atoms with Gasteiger partial charge in [-0.2, -0.15) is 4.98 Å². The molecule has 9 atom stereocenters. The molecule has 2 aliphatic heterocycles. The van der Waals surface area contributed by atoms with Gasteiger partial charge in [0.25, 0.3) is 5.56 Å². The van der Waals surface area contributed by atoms with Crippen LogP contribution in [-0.4, -0.2) is 101 Å². The molecule has 9 unspecified atom stereocenters. The second kappa shape index (κ2) is 13.4. The highest BCUT2D eigenvalue weighted by Gasteiger charge is 2.51. The van der Waals surface area contributed by atoms with Crippen LogP contribution in [-0.2, 0) is 44.2 Å². The van der Waals surface area contributed by atoms with E-state index in [2.05, 4.69) is 47.4 Å². The van der Waals surface area contributed by atoms with Crippen molar-refractivity contribution in [2.24, 2.45) is 0 Å². The first-order chi connectivity index (χ1) is 22.1. The Hall–Kier alpha value is -2.79. The number of fused-ring (bicyclic) bond motifs is 2. The van der Waals surface area contributed by atoms with Gasteiger partial charge in [-0.3, -0.25) is 32.7 Å². The summed E-state index contributed by atoms with van der Waals surface area (Å²) < 4.78 is 66.1. The fourth-order valence-electron chi connectivity index (χ4n) is 5.34. The summed E-state index contributed by atoms with van der Waals surface area (Å²) in [5, 5.41) is 0. The molecular formula is C21H26FN11O9P2S2. The van der Waals surface area contributed by atoms with Crippen LogP contribution in [0.15, 0.2) is 23.8 Å². The largest absolute Gasteiger partial charge is 0.382 e. The van der Waals surface area contributed by atoms with Crippen LogP contribution in [0.5, 0.6) is 0 Å². The third kappa shape index (κ3) is 6.14. The minimum atomic E-state index is -4.19. The van der Waals surface area contributed by atoms with Crippen LogP contribution in [0.4, 0.5) is 16.2 Å². The van der Waals surface area contributed by atoms with Crippen molar-refractivity contribution in [3.05, 3.63) is 29.3 Å². The fraction of sp³-hybridized carbons (Fsp3) is 0.524. The predicted octanol–water partition coefficient (Wildman–Crippen LogP) is -0.0833. The minimum Gasteiger partial charge on any atom is -0.382 e. The van der Waals surface area contributed by atoms with E-state index in [4.69, 9.17) is 51.1 Å². The summed E-state index contributed by atoms with van der Waals surface area (Å²) in [6.45, 7) is -4.85. The Labute approximate surface area is 269 Å². The Balaban J connectivity index is 1.23. The number of rotatable bonds is 12. The van der Waals surface area contributed by atoms with E-state index in [1.165, 1.54) is 35.2 Å². The molecule has 7 N–H and O–H groups in total. The molecule has 0 bridgehead atoms. The Morgan fingerprint density at radius 2 is 1.85 bits per heavy atom. The SMILES string of the molecule is COC1C(COP=O)OC(n2cnc3c(=O)[nH]c(N)nc32)C1OP(O)(=S)OCC1OC(n2cnc3c(N)ncnc32)C(F)C1NS. The number of methoxy groups -OCH3 is 1. The Kier molecular flexibility index (Phi) is 9.63. The van der Waals surface area contributed by atoms with Gasteiger partial charge in [-0.25, -0.2) is 28.9 Å². The van der Waals surface area contributed by atoms with Crippen LogP contribution >= 0.6 is 28.2 Å². The lowest BCUT2D eigenvalue weighted by Gasteiger charge is -2.28. The van der Waals surface area contributed by atoms with Gasteiger partial charge in [0.2, 0.25) is 5.95 Å². The summed E-state index contributed by atoms with van der Waals surface area (Å²) in [5.74, 6) is -0.0783. The second-order valence-electron chi connectivity index (χ2n) is 9.99. The number of nitrogens with one attached hydrogen (secondary N) is 2. The zero-order valence-electron chi connectivity index (χ0n) is 23.4. The number of thiol groups is 1. The molecular weight excluding hydrogens is 695 g/mol. The van der Waals surface area contributed by atoms with E-state index >= 15 is 4.39 Å². The normalized spacial score (nSPS) is 29.7. The molecule has 0 aliphatic carbocycles. The fourth-order valence-corrected chi connectivity index (χ4v) is 7.27. The number of aromatic nitrogens is 8. The number of halogens is 1. The van der Waals surface area contributed by atoms with E-state index in [0.29, 0.717) is 0 Å². The van der Waals surface area contributed by atoms with Crippen molar-refractivity contribution >= 4 is 74.1 Å². The lowest BCUT2D eigenvalue weighted by atomic mass is 10.1. The van der Waals surface area contributed by atoms with Crippen LogP contribution in [0.25, 0.3) is 22.3 Å². The van der Waals surface area contributed by atoms with Crippen molar-refractivity contribution in [1.29, 1.82) is 0 Å². The van der Waals surface area contributed by atoms with E-state index in [0.717, 1.165) is 0 Å². The van der Waals surface area contributed by atoms with Gasteiger partial charge in [0.1, 0.15) is 36.3 Å². The van der Waals surface area contributed by atoms with Crippen LogP contribution < -0.4 is 21.7 Å². The van der Waals surface area contributed by atoms with Gasteiger partial charge in [-0.15, -0.1) is 0 Å². The summed E-state index contributed by atoms with van der Waals surface area (Å²) in [6.07, 6.45) is -4.41. The van der Waals surface area contributed by atoms with Gasteiger partial charge < -0.3 is 35.1 Å². The topological polar surface area (TPSA) is 264 Å². The summed E-state index contributed by atoms with van der Waals surface area (Å²) in [4.78, 5) is 46.3. The predicted molar refractivity (Wildman–Crippen MR) is 163 cm³/mol. The van der Waals surface area contributed by atoms with Crippen LogP contribution in [0.1, 0.15) is 12.5 Å². The zero-order chi connectivity index (χ0) is 32.7. The lowest BCUT2D eigenvalue weighted by Crippen LogP contribution is -2.40. The van der Waals surface area contributed by atoms with Crippen LogP contribution in [0, 0.1) is 0 Å². The number of alkyl halides is 1. The van der Waals surface area contributed by atoms with Crippen molar-refractivity contribution in [2.75, 3.05) is 31.8 Å². The van der Waals surface area contributed by atoms with E-state index in [-0.39, 0.29) is 40.7 Å². The molecule has 0 saturated carbocycles. The number of nitrogens with zero attached hydrogens (tertiary/aromatic N) is 7. The Morgan fingerprint density at radius 1 is 1.13 bits per heavy atom. The number of hydrogen-bond acceptors (Lipinski definition) is 18. The molecule has 25 heteroatoms. The highest BCUT2D eigenvalue weighted by Crippen LogP contribution is 2.51. The number of nitrogen functional groups attached to an aromatic ring is 2. The van der Waals surface area contributed by atoms with Gasteiger partial charge in [-0.1, -0.05) is 12.8 Å². The monoisotopic (exact) mass is 721 g/mol. The van der Waals surface area contributed by atoms with Gasteiger partial charge in [0.15, 0.2) is 41.3 Å². The Morgan fingerprint density at radius 3 is 2.57 bits per heavy atom. The van der Waals surface area contributed by atoms with Gasteiger partial charge >= 0.3 is 15.4 Å². The summed E-state index contributed by atoms with van der Waals surface area (Å²) >= 11 is 9.38. The molecule has 2 saturated heterocycles. The first-order valence-electron chi connectivity index (χ1n) is 13.2. The minimum absolute atomic E-state index is 0.0338. The Bertz CT molecular complexity index is 1850. The van der Waals surface area contributed by atoms with Crippen molar-refractivity contribution in [1.82, 2.24) is 43.8 Å². The number of nitrogens with two attached hydrogens (primary N) is 2. The molecule has 2 aliphatic rings. The molecule has 46 heavy (non-hydrogen) atoms. The number of anilines is 2. The molecule has 248 valence electrons. The molecule has 0 radical (unpaired) electrons. The quantitative estimate of drug-likeness (QED) is 0.0825. The van der Waals surface area contributed by atoms with Crippen LogP contribution in [0.3, 0.4) is 0 Å². The summed E-state index contributed by atoms with van der Waals surface area (Å²) in [6, 6.07) is -1.03. The smallest absolute Gasteiger partial charge is 0.327 e. The number of ether oxygens (including phenoxy) is 3. The zero-order valence-corrected chi connectivity index (χ0v) is 26.9. The van der Waals surface area contributed by atoms with E-state index < -0.39 is 76.7 Å². The van der Waals surface area contributed by atoms with E-state index in [1.807, 2.05) is 0 Å². The van der Waals surface area contributed by atoms with Crippen molar-refractivity contribution in [3.63, 3.8) is 0 Å². The molecule has 0 aromatic carbocycles. The second-order valence-corrected chi connectivity index (χ2v) is 13.4. The summed E-state index contributed by atoms with van der Waals surface area (Å²) in [7, 11) is 0.728. The maximum Gasteiger partial charge on any atom is 0.327 e. The summed E-state index contributed by atoms with van der Waals surface area (Å²) in [5.41, 5.74) is 11.5. The number of hydrogen-bond donors (Lipinski definition) is 6. The van der Waals surface area contributed by atoms with Gasteiger partial charge in [0, 0.05) is 7.11 Å². The van der Waals surface area contributed by atoms with E-state index in [9.17, 15) is 14.3 Å². The van der Waals surface area contributed by atoms with Crippen molar-refractivity contribution in [3.8, 4) is 0 Å². The molecule has 4 aromatic rings. The highest BCUT2D eigenvalue weighted by atomic mass is 32.5. The number of H-pyrrole nitrogens is 1. The van der Waals surface area contributed by atoms with Crippen molar-refractivity contribution < 1.29 is 41.6 Å². The standard InChI is InChI=1S/C21H26FN11O9P2S2/c1-37-13-8(2-38-43-35)41-20(33-6-28-12-17(33)29-21(24)30-18(12)34)14(13)42-44(36,46)39-3-7-10(31-45)9(22)19(40-7)32-5-27-11-15(23)25-4-26-16(11)32/h4-10,13-14,19-20,31,45H,2-3H2,1H3,(H,36,46)(H2,23,25,26)(H3,24,29,30,34). The maximum atomic E-state index is 15.6. The molecule has 4 aromatic heterocycles. The molecule has 2 fully saturated rings. The average Bonchev–Trinajstić information content (AvgIpc) is 3.78. The molecule has 0 spiro atoms. The third-order valence-corrected chi connectivity index (χ3v) is 9.48. The van der Waals surface area contributed by atoms with Crippen molar-refractivity contribution in [2.45, 2.75) is 49.1 Å². The number of imidazole rings is 2. The van der Waals surface area contributed by atoms with Gasteiger partial charge in [0.05, 0.1) is 31.9 Å². The van der Waals surface area contributed by atoms with Crippen LogP contribution in [0.2, 0.25) is 0 Å². The molecule has 6 heterocycles. The number of aromatic amines is 1.